The van der Waals surface area contributed by atoms with Crippen molar-refractivity contribution in [3.8, 4) is 11.5 Å². The molecule has 0 radical (unpaired) electrons. The molecule has 0 bridgehead atoms. The summed E-state index contributed by atoms with van der Waals surface area (Å²) in [4.78, 5) is 50.4. The zero-order valence-electron chi connectivity index (χ0n) is 23.4. The van der Waals surface area contributed by atoms with Crippen molar-refractivity contribution >= 4 is 58.4 Å². The van der Waals surface area contributed by atoms with Crippen molar-refractivity contribution in [2.75, 3.05) is 60.8 Å². The number of carbonyl (C=O) groups excluding carboxylic acids is 2. The molecule has 228 valence electrons. The molecule has 0 saturated carbocycles. The van der Waals surface area contributed by atoms with Gasteiger partial charge in [0.1, 0.15) is 23.6 Å². The molecule has 2 aromatic carbocycles. The molecular formula is C28H36N4O8S2. The number of hydrogen-bond acceptors (Lipinski definition) is 12. The lowest BCUT2D eigenvalue weighted by atomic mass is 9.81. The molecule has 0 spiro atoms. The first-order valence-electron chi connectivity index (χ1n) is 13.3. The van der Waals surface area contributed by atoms with Crippen LogP contribution in [0.4, 0.5) is 11.4 Å². The fraction of sp³-hybridized carbons (Fsp3) is 0.429. The van der Waals surface area contributed by atoms with E-state index in [1.54, 1.807) is 35.7 Å². The van der Waals surface area contributed by atoms with Gasteiger partial charge in [-0.05, 0) is 61.1 Å². The summed E-state index contributed by atoms with van der Waals surface area (Å²) in [6.07, 6.45) is 4.68. The predicted molar refractivity (Wildman–Crippen MR) is 165 cm³/mol. The Balaban J connectivity index is 1.84. The Kier molecular flexibility index (Phi) is 12.3. The average molecular weight is 621 g/mol. The number of benzene rings is 2. The number of aromatic hydroxyl groups is 2. The molecule has 2 aromatic rings. The van der Waals surface area contributed by atoms with Gasteiger partial charge in [0, 0.05) is 37.6 Å². The van der Waals surface area contributed by atoms with Gasteiger partial charge in [0.05, 0.1) is 22.3 Å². The zero-order chi connectivity index (χ0) is 30.8. The highest BCUT2D eigenvalue weighted by Gasteiger charge is 2.38. The fourth-order valence-electron chi connectivity index (χ4n) is 4.64. The van der Waals surface area contributed by atoms with E-state index in [-0.39, 0.29) is 48.4 Å². The maximum atomic E-state index is 13.7. The highest BCUT2D eigenvalue weighted by molar-refractivity contribution is 7.98. The van der Waals surface area contributed by atoms with Crippen LogP contribution in [0.3, 0.4) is 0 Å². The van der Waals surface area contributed by atoms with Crippen molar-refractivity contribution in [1.82, 2.24) is 10.6 Å². The normalized spacial score (nSPS) is 13.7. The molecule has 3 rings (SSSR count). The van der Waals surface area contributed by atoms with E-state index in [4.69, 9.17) is 0 Å². The Morgan fingerprint density at radius 2 is 1.05 bits per heavy atom. The summed E-state index contributed by atoms with van der Waals surface area (Å²) in [5.41, 5.74) is 0.0310. The number of thioether (sulfide) groups is 2. The van der Waals surface area contributed by atoms with E-state index in [0.717, 1.165) is 12.1 Å². The number of carboxylic acids is 2. The van der Waals surface area contributed by atoms with E-state index >= 15 is 0 Å². The molecule has 0 heterocycles. The first-order valence-corrected chi connectivity index (χ1v) is 16.1. The molecule has 8 N–H and O–H groups in total. The topological polar surface area (TPSA) is 197 Å². The molecular weight excluding hydrogens is 584 g/mol. The number of nitrogens with one attached hydrogen (secondary N) is 4. The zero-order valence-corrected chi connectivity index (χ0v) is 25.0. The van der Waals surface area contributed by atoms with Gasteiger partial charge in [0.15, 0.2) is 0 Å². The largest absolute Gasteiger partial charge is 0.507 e. The molecule has 0 fully saturated rings. The van der Waals surface area contributed by atoms with Crippen LogP contribution in [0, 0.1) is 0 Å². The lowest BCUT2D eigenvalue weighted by Crippen LogP contribution is -2.40. The van der Waals surface area contributed by atoms with E-state index in [1.807, 2.05) is 12.5 Å². The third kappa shape index (κ3) is 7.88. The second-order valence-corrected chi connectivity index (χ2v) is 11.5. The Morgan fingerprint density at radius 1 is 0.667 bits per heavy atom. The number of carbonyl (C=O) groups is 4. The van der Waals surface area contributed by atoms with Crippen molar-refractivity contribution in [2.45, 2.75) is 24.9 Å². The van der Waals surface area contributed by atoms with Crippen molar-refractivity contribution < 1.29 is 39.6 Å². The summed E-state index contributed by atoms with van der Waals surface area (Å²) >= 11 is 3.09. The van der Waals surface area contributed by atoms with Gasteiger partial charge in [-0.15, -0.1) is 0 Å². The lowest BCUT2D eigenvalue weighted by Gasteiger charge is -2.25. The molecule has 0 aliphatic heterocycles. The fourth-order valence-corrected chi connectivity index (χ4v) is 5.59. The minimum atomic E-state index is -0.960. The standard InChI is InChI=1S/C28H36N4O8S2/c1-41-13-7-17(27(37)38)31-11-9-29-15-3-4-16(30-10-12-32-18(28(39)40)8-14-42-2)22-21(15)25(35)23-19(33)5-6-20(34)24(23)26(22)36/h3-6,17-18,29-34H,7-14H2,1-2H3,(H,37,38)(H,39,40)/t17-,18-/m0/s1. The maximum absolute atomic E-state index is 13.7. The first kappa shape index (κ1) is 33.0. The highest BCUT2D eigenvalue weighted by atomic mass is 32.2. The van der Waals surface area contributed by atoms with Gasteiger partial charge in [-0.2, -0.15) is 23.5 Å². The number of fused-ring (bicyclic) bond motifs is 2. The molecule has 2 atom stereocenters. The van der Waals surface area contributed by atoms with Crippen molar-refractivity contribution in [1.29, 1.82) is 0 Å². The summed E-state index contributed by atoms with van der Waals surface area (Å²) < 4.78 is 0. The Hall–Kier alpha value is -3.46. The molecule has 42 heavy (non-hydrogen) atoms. The highest BCUT2D eigenvalue weighted by Crippen LogP contribution is 2.42. The summed E-state index contributed by atoms with van der Waals surface area (Å²) in [5, 5.41) is 51.9. The van der Waals surface area contributed by atoms with Crippen LogP contribution >= 0.6 is 23.5 Å². The number of phenolic OH excluding ortho intramolecular Hbond substituents is 2. The van der Waals surface area contributed by atoms with E-state index < -0.39 is 47.1 Å². The van der Waals surface area contributed by atoms with E-state index in [9.17, 15) is 39.6 Å². The van der Waals surface area contributed by atoms with E-state index in [2.05, 4.69) is 21.3 Å². The Morgan fingerprint density at radius 3 is 1.38 bits per heavy atom. The second kappa shape index (κ2) is 15.7. The molecule has 0 saturated heterocycles. The minimum Gasteiger partial charge on any atom is -0.507 e. The van der Waals surface area contributed by atoms with Gasteiger partial charge in [0.25, 0.3) is 0 Å². The van der Waals surface area contributed by atoms with Crippen LogP contribution in [0.15, 0.2) is 24.3 Å². The molecule has 1 aliphatic carbocycles. The maximum Gasteiger partial charge on any atom is 0.320 e. The number of carboxylic acid groups (broad SMARTS) is 2. The van der Waals surface area contributed by atoms with Gasteiger partial charge >= 0.3 is 11.9 Å². The third-order valence-electron chi connectivity index (χ3n) is 6.75. The average Bonchev–Trinajstić information content (AvgIpc) is 2.95. The summed E-state index contributed by atoms with van der Waals surface area (Å²) in [6, 6.07) is 4.03. The van der Waals surface area contributed by atoms with Crippen LogP contribution in [-0.2, 0) is 9.59 Å². The summed E-state index contributed by atoms with van der Waals surface area (Å²) in [7, 11) is 0. The van der Waals surface area contributed by atoms with Crippen LogP contribution in [0.1, 0.15) is 44.7 Å². The number of hydrogen-bond donors (Lipinski definition) is 8. The number of rotatable bonds is 18. The monoisotopic (exact) mass is 620 g/mol. The Bertz CT molecular complexity index is 1230. The number of phenols is 2. The van der Waals surface area contributed by atoms with Crippen LogP contribution < -0.4 is 21.3 Å². The summed E-state index contributed by atoms with van der Waals surface area (Å²) in [5.74, 6) is -2.76. The van der Waals surface area contributed by atoms with Crippen LogP contribution in [0.5, 0.6) is 11.5 Å². The Labute approximate surface area is 252 Å². The minimum absolute atomic E-state index is 0.00640. The molecule has 1 aliphatic rings. The third-order valence-corrected chi connectivity index (χ3v) is 8.04. The number of anilines is 2. The molecule has 14 heteroatoms. The molecule has 12 nitrogen and oxygen atoms in total. The van der Waals surface area contributed by atoms with Crippen LogP contribution in [0.25, 0.3) is 0 Å². The van der Waals surface area contributed by atoms with Gasteiger partial charge in [0.2, 0.25) is 11.6 Å². The van der Waals surface area contributed by atoms with Crippen LogP contribution in [-0.4, -0.2) is 106 Å². The van der Waals surface area contributed by atoms with Crippen molar-refractivity contribution in [2.24, 2.45) is 0 Å². The van der Waals surface area contributed by atoms with Crippen molar-refractivity contribution in [3.05, 3.63) is 46.5 Å². The number of ketones is 2. The smallest absolute Gasteiger partial charge is 0.320 e. The van der Waals surface area contributed by atoms with Gasteiger partial charge in [-0.3, -0.25) is 19.2 Å². The lowest BCUT2D eigenvalue weighted by molar-refractivity contribution is -0.140. The first-order chi connectivity index (χ1) is 20.1. The van der Waals surface area contributed by atoms with Gasteiger partial charge in [-0.1, -0.05) is 0 Å². The molecule has 0 unspecified atom stereocenters. The predicted octanol–water partition coefficient (Wildman–Crippen LogP) is 2.29. The second-order valence-electron chi connectivity index (χ2n) is 9.53. The molecule has 0 amide bonds. The van der Waals surface area contributed by atoms with Crippen molar-refractivity contribution in [3.63, 3.8) is 0 Å². The quantitative estimate of drug-likeness (QED) is 0.0761. The number of aliphatic carboxylic acids is 2. The summed E-state index contributed by atoms with van der Waals surface area (Å²) in [6.45, 7) is 0.994. The van der Waals surface area contributed by atoms with E-state index in [1.165, 1.54) is 0 Å². The van der Waals surface area contributed by atoms with Gasteiger partial charge in [-0.25, -0.2) is 0 Å². The van der Waals surface area contributed by atoms with Crippen LogP contribution in [0.2, 0.25) is 0 Å². The van der Waals surface area contributed by atoms with Gasteiger partial charge < -0.3 is 41.7 Å². The SMILES string of the molecule is CSCC[C@H](NCCNc1ccc(NCCN[C@@H](CCSC)C(=O)O)c2c1C(=O)c1c(O)ccc(O)c1C2=O)C(=O)O. The molecule has 0 aromatic heterocycles. The van der Waals surface area contributed by atoms with E-state index in [0.29, 0.717) is 35.7 Å².